The zero-order valence-electron chi connectivity index (χ0n) is 17.1. The topological polar surface area (TPSA) is 65.1 Å². The van der Waals surface area contributed by atoms with E-state index in [9.17, 15) is 9.59 Å². The Hall–Kier alpha value is -1.96. The summed E-state index contributed by atoms with van der Waals surface area (Å²) in [4.78, 5) is 33.8. The second-order valence-corrected chi connectivity index (χ2v) is 8.70. The van der Waals surface area contributed by atoms with Crippen LogP contribution in [0.5, 0.6) is 0 Å². The van der Waals surface area contributed by atoms with Gasteiger partial charge < -0.3 is 15.0 Å². The van der Waals surface area contributed by atoms with Gasteiger partial charge in [-0.25, -0.2) is 0 Å². The number of anilines is 1. The molecule has 4 aliphatic rings. The molecule has 0 bridgehead atoms. The molecule has 1 spiro atoms. The van der Waals surface area contributed by atoms with E-state index in [1.165, 1.54) is 0 Å². The van der Waals surface area contributed by atoms with Crippen molar-refractivity contribution in [1.82, 2.24) is 14.7 Å². The molecule has 29 heavy (non-hydrogen) atoms. The van der Waals surface area contributed by atoms with Crippen molar-refractivity contribution in [3.8, 4) is 0 Å². The van der Waals surface area contributed by atoms with Gasteiger partial charge in [0, 0.05) is 57.1 Å². The Bertz CT molecular complexity index is 807. The van der Waals surface area contributed by atoms with Crippen molar-refractivity contribution in [3.05, 3.63) is 29.8 Å². The lowest BCUT2D eigenvalue weighted by Crippen LogP contribution is -2.57. The zero-order chi connectivity index (χ0) is 20.0. The summed E-state index contributed by atoms with van der Waals surface area (Å²) in [6.07, 6.45) is 2.96. The van der Waals surface area contributed by atoms with Gasteiger partial charge in [-0.2, -0.15) is 0 Å². The molecule has 4 aliphatic heterocycles. The predicted molar refractivity (Wildman–Crippen MR) is 109 cm³/mol. The van der Waals surface area contributed by atoms with E-state index in [-0.39, 0.29) is 17.7 Å². The van der Waals surface area contributed by atoms with Gasteiger partial charge in [0.2, 0.25) is 11.8 Å². The van der Waals surface area contributed by atoms with Gasteiger partial charge in [-0.05, 0) is 31.9 Å². The lowest BCUT2D eigenvalue weighted by atomic mass is 9.78. The standard InChI is InChI=1S/C22H30N4O3/c1-29-14-13-24-9-11-25(12-10-24)20(27)18-15-16-5-4-8-26(16)22(18)17-6-2-3-7-19(17)23-21(22)28/h2-3,6-7,16,18H,4-5,8-15H2,1H3,(H,23,28)/t16-,18-,22+/m1/s1. The average Bonchev–Trinajstić information content (AvgIpc) is 3.41. The summed E-state index contributed by atoms with van der Waals surface area (Å²) in [5.41, 5.74) is 1.03. The molecule has 156 valence electrons. The van der Waals surface area contributed by atoms with E-state index in [1.54, 1.807) is 7.11 Å². The van der Waals surface area contributed by atoms with Crippen LogP contribution < -0.4 is 5.32 Å². The molecular weight excluding hydrogens is 368 g/mol. The first-order valence-corrected chi connectivity index (χ1v) is 10.8. The van der Waals surface area contributed by atoms with Crippen molar-refractivity contribution in [2.45, 2.75) is 30.8 Å². The summed E-state index contributed by atoms with van der Waals surface area (Å²) < 4.78 is 5.18. The Morgan fingerprint density at radius 1 is 1.21 bits per heavy atom. The molecular formula is C22H30N4O3. The molecule has 2 amide bonds. The Morgan fingerprint density at radius 2 is 2.00 bits per heavy atom. The van der Waals surface area contributed by atoms with Gasteiger partial charge in [-0.1, -0.05) is 18.2 Å². The highest BCUT2D eigenvalue weighted by Crippen LogP contribution is 2.55. The van der Waals surface area contributed by atoms with Crippen LogP contribution in [-0.2, 0) is 19.9 Å². The van der Waals surface area contributed by atoms with Crippen LogP contribution in [0.3, 0.4) is 0 Å². The molecule has 3 saturated heterocycles. The molecule has 7 heteroatoms. The minimum Gasteiger partial charge on any atom is -0.383 e. The molecule has 0 unspecified atom stereocenters. The molecule has 1 aromatic carbocycles. The minimum atomic E-state index is -0.831. The number of methoxy groups -OCH3 is 1. The van der Waals surface area contributed by atoms with Crippen molar-refractivity contribution >= 4 is 17.5 Å². The highest BCUT2D eigenvalue weighted by Gasteiger charge is 2.65. The molecule has 1 aromatic rings. The molecule has 3 fully saturated rings. The second kappa shape index (κ2) is 7.38. The SMILES string of the molecule is COCCN1CCN(C(=O)[C@H]2C[C@H]3CCCN3[C@]23C(=O)Nc2ccccc23)CC1. The molecule has 0 aliphatic carbocycles. The fourth-order valence-electron chi connectivity index (χ4n) is 6.00. The van der Waals surface area contributed by atoms with Gasteiger partial charge in [0.1, 0.15) is 5.54 Å². The number of para-hydroxylation sites is 1. The highest BCUT2D eigenvalue weighted by molar-refractivity contribution is 6.09. The summed E-state index contributed by atoms with van der Waals surface area (Å²) in [5.74, 6) is -0.167. The van der Waals surface area contributed by atoms with Crippen molar-refractivity contribution in [1.29, 1.82) is 0 Å². The number of fused-ring (bicyclic) bond motifs is 4. The number of ether oxygens (including phenoxy) is 1. The van der Waals surface area contributed by atoms with E-state index in [2.05, 4.69) is 15.1 Å². The normalized spacial score (nSPS) is 31.9. The van der Waals surface area contributed by atoms with Crippen LogP contribution in [0.2, 0.25) is 0 Å². The van der Waals surface area contributed by atoms with Crippen molar-refractivity contribution in [2.24, 2.45) is 5.92 Å². The summed E-state index contributed by atoms with van der Waals surface area (Å²) in [5, 5.41) is 3.09. The van der Waals surface area contributed by atoms with Crippen LogP contribution in [0.4, 0.5) is 5.69 Å². The predicted octanol–water partition coefficient (Wildman–Crippen LogP) is 1.11. The maximum Gasteiger partial charge on any atom is 0.250 e. The summed E-state index contributed by atoms with van der Waals surface area (Å²) in [6, 6.07) is 8.26. The maximum absolute atomic E-state index is 13.7. The van der Waals surface area contributed by atoms with Crippen LogP contribution in [0.25, 0.3) is 0 Å². The first-order valence-electron chi connectivity index (χ1n) is 10.8. The third-order valence-corrected chi connectivity index (χ3v) is 7.37. The third-order valence-electron chi connectivity index (χ3n) is 7.37. The molecule has 0 radical (unpaired) electrons. The Morgan fingerprint density at radius 3 is 2.79 bits per heavy atom. The number of hydrogen-bond acceptors (Lipinski definition) is 5. The molecule has 1 N–H and O–H groups in total. The lowest BCUT2D eigenvalue weighted by molar-refractivity contribution is -0.145. The number of carbonyl (C=O) groups is 2. The number of rotatable bonds is 4. The summed E-state index contributed by atoms with van der Waals surface area (Å²) in [6.45, 7) is 5.69. The summed E-state index contributed by atoms with van der Waals surface area (Å²) in [7, 11) is 1.72. The molecule has 3 atom stereocenters. The quantitative estimate of drug-likeness (QED) is 0.823. The van der Waals surface area contributed by atoms with Crippen LogP contribution in [0.1, 0.15) is 24.8 Å². The second-order valence-electron chi connectivity index (χ2n) is 8.70. The number of hydrogen-bond donors (Lipinski definition) is 1. The first-order chi connectivity index (χ1) is 14.2. The van der Waals surface area contributed by atoms with E-state index in [1.807, 2.05) is 29.2 Å². The smallest absolute Gasteiger partial charge is 0.250 e. The van der Waals surface area contributed by atoms with Crippen molar-refractivity contribution < 1.29 is 14.3 Å². The number of carbonyl (C=O) groups excluding carboxylic acids is 2. The number of nitrogens with one attached hydrogen (secondary N) is 1. The number of amides is 2. The van der Waals surface area contributed by atoms with Gasteiger partial charge in [0.25, 0.3) is 0 Å². The number of piperazine rings is 1. The fourth-order valence-corrected chi connectivity index (χ4v) is 6.00. The highest BCUT2D eigenvalue weighted by atomic mass is 16.5. The average molecular weight is 399 g/mol. The molecule has 7 nitrogen and oxygen atoms in total. The Kier molecular flexibility index (Phi) is 4.84. The van der Waals surface area contributed by atoms with E-state index < -0.39 is 5.54 Å². The van der Waals surface area contributed by atoms with Crippen molar-refractivity contribution in [3.63, 3.8) is 0 Å². The van der Waals surface area contributed by atoms with Crippen LogP contribution in [0, 0.1) is 5.92 Å². The van der Waals surface area contributed by atoms with E-state index in [4.69, 9.17) is 4.74 Å². The first kappa shape index (κ1) is 19.0. The van der Waals surface area contributed by atoms with E-state index in [0.29, 0.717) is 12.6 Å². The van der Waals surface area contributed by atoms with E-state index >= 15 is 0 Å². The zero-order valence-corrected chi connectivity index (χ0v) is 17.1. The fraction of sp³-hybridized carbons (Fsp3) is 0.636. The lowest BCUT2D eigenvalue weighted by Gasteiger charge is -2.40. The van der Waals surface area contributed by atoms with Gasteiger partial charge in [0.05, 0.1) is 12.5 Å². The van der Waals surface area contributed by atoms with Crippen LogP contribution in [0.15, 0.2) is 24.3 Å². The monoisotopic (exact) mass is 398 g/mol. The largest absolute Gasteiger partial charge is 0.383 e. The molecule has 0 saturated carbocycles. The molecule has 0 aromatic heterocycles. The maximum atomic E-state index is 13.7. The van der Waals surface area contributed by atoms with E-state index in [0.717, 1.165) is 69.8 Å². The van der Waals surface area contributed by atoms with Gasteiger partial charge in [-0.15, -0.1) is 0 Å². The number of nitrogens with zero attached hydrogens (tertiary/aromatic N) is 3. The van der Waals surface area contributed by atoms with Gasteiger partial charge in [0.15, 0.2) is 0 Å². The Balaban J connectivity index is 1.43. The van der Waals surface area contributed by atoms with Crippen molar-refractivity contribution in [2.75, 3.05) is 58.3 Å². The Labute approximate surface area is 172 Å². The number of benzene rings is 1. The minimum absolute atomic E-state index is 0.0137. The molecule has 4 heterocycles. The van der Waals surface area contributed by atoms with Crippen LogP contribution >= 0.6 is 0 Å². The summed E-state index contributed by atoms with van der Waals surface area (Å²) >= 11 is 0. The van der Waals surface area contributed by atoms with Gasteiger partial charge in [-0.3, -0.25) is 19.4 Å². The van der Waals surface area contributed by atoms with Crippen LogP contribution in [-0.4, -0.2) is 85.5 Å². The molecule has 5 rings (SSSR count). The van der Waals surface area contributed by atoms with Gasteiger partial charge >= 0.3 is 0 Å². The third kappa shape index (κ3) is 2.82.